The van der Waals surface area contributed by atoms with E-state index in [1.54, 1.807) is 13.1 Å². The smallest absolute Gasteiger partial charge is 0.421 e. The molecule has 1 amide bonds. The van der Waals surface area contributed by atoms with Crippen molar-refractivity contribution in [3.8, 4) is 22.9 Å². The number of alkyl halides is 3. The van der Waals surface area contributed by atoms with Gasteiger partial charge in [0.15, 0.2) is 5.69 Å². The lowest BCUT2D eigenvalue weighted by Gasteiger charge is -2.17. The third-order valence-electron chi connectivity index (χ3n) is 6.65. The van der Waals surface area contributed by atoms with Gasteiger partial charge < -0.3 is 39.9 Å². The number of nitrogens with one attached hydrogen (secondary N) is 3. The summed E-state index contributed by atoms with van der Waals surface area (Å²) in [6.45, 7) is 1.96. The van der Waals surface area contributed by atoms with E-state index in [9.17, 15) is 27.4 Å². The average Bonchev–Trinajstić information content (AvgIpc) is 3.47. The predicted molar refractivity (Wildman–Crippen MR) is 169 cm³/mol. The molecule has 0 aliphatic carbocycles. The van der Waals surface area contributed by atoms with E-state index in [0.717, 1.165) is 0 Å². The number of benzene rings is 1. The first kappa shape index (κ1) is 36.1. The van der Waals surface area contributed by atoms with Gasteiger partial charge in [0.2, 0.25) is 11.8 Å². The quantitative estimate of drug-likeness (QED) is 0.107. The molecular weight excluding hydrogens is 660 g/mol. The maximum Gasteiger partial charge on any atom is 0.421 e. The molecule has 1 atom stereocenters. The molecule has 0 saturated heterocycles. The number of methoxy groups -OCH3 is 2. The molecule has 0 saturated carbocycles. The number of ether oxygens (including phenoxy) is 2. The van der Waals surface area contributed by atoms with E-state index in [-0.39, 0.29) is 59.7 Å². The molecule has 0 spiro atoms. The third-order valence-corrected chi connectivity index (χ3v) is 8.08. The van der Waals surface area contributed by atoms with Crippen LogP contribution in [0.1, 0.15) is 35.0 Å². The van der Waals surface area contributed by atoms with E-state index in [1.807, 2.05) is 0 Å². The zero-order chi connectivity index (χ0) is 35.1. The maximum atomic E-state index is 14.1. The zero-order valence-corrected chi connectivity index (χ0v) is 27.2. The third kappa shape index (κ3) is 8.77. The number of carbonyl (C=O) groups is 1. The maximum absolute atomic E-state index is 14.1. The summed E-state index contributed by atoms with van der Waals surface area (Å²) in [7, 11) is 0.192. The van der Waals surface area contributed by atoms with E-state index in [2.05, 4.69) is 36.0 Å². The SMILES string of the molecule is CCOP(=O)(O)Cc1ccc(Nc2ncc(C(F)(F)F)c(Nc3ccc(-c4cn(CCCO)nc4OC)nc3C(=O)NC)n2)c(OC)c1. The Bertz CT molecular complexity index is 1810. The predicted octanol–water partition coefficient (Wildman–Crippen LogP) is 4.72. The van der Waals surface area contributed by atoms with Crippen molar-refractivity contribution >= 4 is 36.6 Å². The Morgan fingerprint density at radius 1 is 1.08 bits per heavy atom. The minimum absolute atomic E-state index is 0.0452. The fourth-order valence-electron chi connectivity index (χ4n) is 4.49. The molecule has 4 rings (SSSR count). The summed E-state index contributed by atoms with van der Waals surface area (Å²) in [4.78, 5) is 35.2. The number of anilines is 4. The minimum Gasteiger partial charge on any atom is -0.495 e. The van der Waals surface area contributed by atoms with Gasteiger partial charge in [-0.25, -0.2) is 9.97 Å². The normalized spacial score (nSPS) is 12.7. The summed E-state index contributed by atoms with van der Waals surface area (Å²) >= 11 is 0. The minimum atomic E-state index is -4.88. The number of nitrogens with zero attached hydrogens (tertiary/aromatic N) is 5. The Kier molecular flexibility index (Phi) is 11.6. The van der Waals surface area contributed by atoms with Gasteiger partial charge in [0.1, 0.15) is 17.1 Å². The Balaban J connectivity index is 1.70. The molecule has 1 aromatic carbocycles. The molecular formula is C29H34F3N8O7P. The van der Waals surface area contributed by atoms with Crippen LogP contribution in [-0.2, 0) is 28.0 Å². The summed E-state index contributed by atoms with van der Waals surface area (Å²) in [5.41, 5.74) is -0.222. The fourth-order valence-corrected chi connectivity index (χ4v) is 5.64. The van der Waals surface area contributed by atoms with Crippen molar-refractivity contribution < 1.29 is 46.5 Å². The van der Waals surface area contributed by atoms with Crippen LogP contribution in [0.15, 0.2) is 42.7 Å². The van der Waals surface area contributed by atoms with Crippen molar-refractivity contribution in [2.45, 2.75) is 32.2 Å². The molecule has 3 aromatic heterocycles. The molecule has 5 N–H and O–H groups in total. The number of aliphatic hydroxyl groups excluding tert-OH is 1. The molecule has 4 aromatic rings. The number of aromatic nitrogens is 5. The van der Waals surface area contributed by atoms with Gasteiger partial charge in [-0.05, 0) is 43.2 Å². The van der Waals surface area contributed by atoms with Crippen molar-refractivity contribution in [2.24, 2.45) is 0 Å². The second-order valence-electron chi connectivity index (χ2n) is 10.0. The summed E-state index contributed by atoms with van der Waals surface area (Å²) in [6.07, 6.45) is -2.54. The average molecular weight is 695 g/mol. The Morgan fingerprint density at radius 2 is 1.83 bits per heavy atom. The van der Waals surface area contributed by atoms with E-state index >= 15 is 0 Å². The van der Waals surface area contributed by atoms with Gasteiger partial charge in [0.05, 0.1) is 49.6 Å². The van der Waals surface area contributed by atoms with Crippen LogP contribution >= 0.6 is 7.60 Å². The molecule has 15 nitrogen and oxygen atoms in total. The Hall–Kier alpha value is -4.77. The van der Waals surface area contributed by atoms with Gasteiger partial charge in [-0.2, -0.15) is 18.2 Å². The number of pyridine rings is 1. The summed E-state index contributed by atoms with van der Waals surface area (Å²) in [6, 6.07) is 7.32. The zero-order valence-electron chi connectivity index (χ0n) is 26.3. The molecule has 1 unspecified atom stereocenters. The lowest BCUT2D eigenvalue weighted by atomic mass is 10.1. The van der Waals surface area contributed by atoms with Crippen LogP contribution in [-0.4, -0.2) is 75.1 Å². The van der Waals surface area contributed by atoms with E-state index in [1.165, 1.54) is 56.3 Å². The number of halogens is 3. The van der Waals surface area contributed by atoms with Crippen molar-refractivity contribution in [3.05, 3.63) is 59.5 Å². The van der Waals surface area contributed by atoms with Gasteiger partial charge >= 0.3 is 13.8 Å². The van der Waals surface area contributed by atoms with Crippen molar-refractivity contribution in [2.75, 3.05) is 45.1 Å². The fraction of sp³-hybridized carbons (Fsp3) is 0.345. The summed E-state index contributed by atoms with van der Waals surface area (Å²) in [5, 5.41) is 21.3. The largest absolute Gasteiger partial charge is 0.495 e. The highest BCUT2D eigenvalue weighted by Crippen LogP contribution is 2.46. The number of amides is 1. The number of aryl methyl sites for hydroxylation is 1. The first-order valence-electron chi connectivity index (χ1n) is 14.4. The highest BCUT2D eigenvalue weighted by atomic mass is 31.2. The van der Waals surface area contributed by atoms with Crippen LogP contribution < -0.4 is 25.4 Å². The lowest BCUT2D eigenvalue weighted by Crippen LogP contribution is -2.21. The van der Waals surface area contributed by atoms with Crippen LogP contribution in [0.25, 0.3) is 11.3 Å². The number of rotatable bonds is 15. The van der Waals surface area contributed by atoms with Crippen LogP contribution in [0.5, 0.6) is 11.6 Å². The van der Waals surface area contributed by atoms with E-state index in [0.29, 0.717) is 30.3 Å². The molecule has 0 fully saturated rings. The van der Waals surface area contributed by atoms with Gasteiger partial charge in [-0.15, -0.1) is 5.10 Å². The second kappa shape index (κ2) is 15.4. The van der Waals surface area contributed by atoms with Crippen molar-refractivity contribution in [3.63, 3.8) is 0 Å². The van der Waals surface area contributed by atoms with E-state index < -0.39 is 31.1 Å². The molecule has 48 heavy (non-hydrogen) atoms. The summed E-state index contributed by atoms with van der Waals surface area (Å²) in [5.74, 6) is -1.25. The molecule has 3 heterocycles. The molecule has 0 aliphatic rings. The number of hydrogen-bond donors (Lipinski definition) is 5. The van der Waals surface area contributed by atoms with Gasteiger partial charge in [0.25, 0.3) is 5.91 Å². The highest BCUT2D eigenvalue weighted by Gasteiger charge is 2.36. The van der Waals surface area contributed by atoms with Gasteiger partial charge in [-0.3, -0.25) is 14.0 Å². The lowest BCUT2D eigenvalue weighted by molar-refractivity contribution is -0.137. The topological polar surface area (TPSA) is 195 Å². The molecule has 19 heteroatoms. The summed E-state index contributed by atoms with van der Waals surface area (Å²) < 4.78 is 71.7. The van der Waals surface area contributed by atoms with E-state index in [4.69, 9.17) is 19.1 Å². The van der Waals surface area contributed by atoms with Crippen LogP contribution in [0.3, 0.4) is 0 Å². The number of carbonyl (C=O) groups excluding carboxylic acids is 1. The number of aliphatic hydroxyl groups is 1. The van der Waals surface area contributed by atoms with Crippen molar-refractivity contribution in [1.29, 1.82) is 0 Å². The monoisotopic (exact) mass is 694 g/mol. The van der Waals surface area contributed by atoms with Gasteiger partial charge in [0, 0.05) is 32.6 Å². The van der Waals surface area contributed by atoms with Gasteiger partial charge in [-0.1, -0.05) is 6.07 Å². The Morgan fingerprint density at radius 3 is 2.48 bits per heavy atom. The number of hydrogen-bond acceptors (Lipinski definition) is 12. The van der Waals surface area contributed by atoms with Crippen molar-refractivity contribution in [1.82, 2.24) is 30.0 Å². The molecule has 0 aliphatic heterocycles. The first-order valence-corrected chi connectivity index (χ1v) is 16.2. The van der Waals surface area contributed by atoms with Crippen LogP contribution in [0.2, 0.25) is 0 Å². The Labute approximate surface area is 273 Å². The first-order chi connectivity index (χ1) is 22.8. The molecule has 258 valence electrons. The van der Waals surface area contributed by atoms with Crippen LogP contribution in [0.4, 0.5) is 36.3 Å². The molecule has 0 bridgehead atoms. The van der Waals surface area contributed by atoms with Crippen LogP contribution in [0, 0.1) is 0 Å². The highest BCUT2D eigenvalue weighted by molar-refractivity contribution is 7.51. The standard InChI is InChI=1S/C29H34F3N8O7P/c1-5-47-48(43,44)16-17-7-8-21(23(13-17)45-3)37-28-34-14-19(29(30,31)32)25(38-28)36-22-10-9-20(35-24(22)26(42)33-2)18-15-40(11-6-12-41)39-27(18)46-4/h7-10,13-15,41H,5-6,11-12,16H2,1-4H3,(H,33,42)(H,43,44)(H2,34,36,37,38). The second-order valence-corrected chi connectivity index (χ2v) is 11.9. The molecule has 0 radical (unpaired) electrons.